The topological polar surface area (TPSA) is 87.2 Å². The highest BCUT2D eigenvalue weighted by Crippen LogP contribution is 2.36. The third-order valence-electron chi connectivity index (χ3n) is 3.18. The van der Waals surface area contributed by atoms with Gasteiger partial charge >= 0.3 is 5.97 Å². The molecule has 8 heteroatoms. The van der Waals surface area contributed by atoms with Crippen molar-refractivity contribution in [3.8, 4) is 0 Å². The van der Waals surface area contributed by atoms with Gasteiger partial charge in [-0.3, -0.25) is 4.79 Å². The van der Waals surface area contributed by atoms with Gasteiger partial charge in [-0.15, -0.1) is 0 Å². The Morgan fingerprint density at radius 2 is 2.25 bits per heavy atom. The number of rotatable bonds is 2. The van der Waals surface area contributed by atoms with Gasteiger partial charge in [0.05, 0.1) is 5.39 Å². The molecule has 0 bridgehead atoms. The summed E-state index contributed by atoms with van der Waals surface area (Å²) < 4.78 is 15.1. The van der Waals surface area contributed by atoms with E-state index in [-0.39, 0.29) is 27.8 Å². The average Bonchev–Trinajstić information content (AvgIpc) is 3.25. The van der Waals surface area contributed by atoms with E-state index in [4.69, 9.17) is 17.5 Å². The van der Waals surface area contributed by atoms with Gasteiger partial charge in [-0.25, -0.2) is 14.2 Å². The van der Waals surface area contributed by atoms with Gasteiger partial charge in [0.15, 0.2) is 11.0 Å². The van der Waals surface area contributed by atoms with Gasteiger partial charge in [0.2, 0.25) is 5.43 Å². The lowest BCUT2D eigenvalue weighted by molar-refractivity contribution is 0.0501. The Bertz CT molecular complexity index is 786. The summed E-state index contributed by atoms with van der Waals surface area (Å²) in [5.74, 6) is 3.01. The van der Waals surface area contributed by atoms with Crippen molar-refractivity contribution in [3.05, 3.63) is 39.0 Å². The molecule has 0 saturated heterocycles. The van der Waals surface area contributed by atoms with Crippen LogP contribution in [0.25, 0.3) is 11.0 Å². The molecule has 6 nitrogen and oxygen atoms in total. The normalized spacial score (nSPS) is 14.6. The van der Waals surface area contributed by atoms with Crippen molar-refractivity contribution in [3.63, 3.8) is 0 Å². The number of hydrogen-bond acceptors (Lipinski definition) is 5. The average molecular weight is 298 g/mol. The molecule has 0 unspecified atom stereocenters. The fraction of sp³-hybridized carbons (Fsp3) is 0.250. The van der Waals surface area contributed by atoms with Crippen molar-refractivity contribution in [1.29, 1.82) is 0 Å². The van der Waals surface area contributed by atoms with Crippen LogP contribution in [-0.2, 0) is 4.84 Å². The van der Waals surface area contributed by atoms with Crippen molar-refractivity contribution in [2.45, 2.75) is 18.9 Å². The molecule has 0 aliphatic heterocycles. The number of nitrogens with zero attached hydrogens (tertiary/aromatic N) is 2. The largest absolute Gasteiger partial charge is 0.369 e. The van der Waals surface area contributed by atoms with Crippen molar-refractivity contribution in [1.82, 2.24) is 9.55 Å². The Hall–Kier alpha value is -1.99. The molecule has 2 aromatic rings. The Kier molecular flexibility index (Phi) is 2.95. The number of fused-ring (bicyclic) bond motifs is 1. The predicted octanol–water partition coefficient (Wildman–Crippen LogP) is 1.55. The zero-order chi connectivity index (χ0) is 14.4. The number of pyridine rings is 2. The second-order valence-corrected chi connectivity index (χ2v) is 4.91. The van der Waals surface area contributed by atoms with Gasteiger partial charge in [0.25, 0.3) is 0 Å². The molecule has 0 spiro atoms. The maximum Gasteiger partial charge on any atom is 0.362 e. The first kappa shape index (κ1) is 13.0. The molecular weight excluding hydrogens is 289 g/mol. The minimum absolute atomic E-state index is 0.0262. The molecule has 0 atom stereocenters. The molecule has 104 valence electrons. The van der Waals surface area contributed by atoms with Crippen LogP contribution in [0.2, 0.25) is 5.15 Å². The van der Waals surface area contributed by atoms with Crippen molar-refractivity contribution in [2.75, 3.05) is 0 Å². The Morgan fingerprint density at radius 1 is 1.55 bits per heavy atom. The van der Waals surface area contributed by atoms with Crippen LogP contribution in [0.1, 0.15) is 29.2 Å². The number of hydrogen-bond donors (Lipinski definition) is 1. The molecular formula is C12H9ClFN3O3. The highest BCUT2D eigenvalue weighted by Gasteiger charge is 2.28. The van der Waals surface area contributed by atoms with Crippen LogP contribution in [0.4, 0.5) is 4.39 Å². The van der Waals surface area contributed by atoms with Gasteiger partial charge in [-0.05, 0) is 18.9 Å². The highest BCUT2D eigenvalue weighted by molar-refractivity contribution is 6.29. The molecule has 20 heavy (non-hydrogen) atoms. The van der Waals surface area contributed by atoms with E-state index in [0.29, 0.717) is 0 Å². The highest BCUT2D eigenvalue weighted by atomic mass is 35.5. The van der Waals surface area contributed by atoms with Crippen LogP contribution in [0.3, 0.4) is 0 Å². The molecule has 1 saturated carbocycles. The maximum absolute atomic E-state index is 13.5. The summed E-state index contributed by atoms with van der Waals surface area (Å²) in [6.07, 6.45) is 3.09. The van der Waals surface area contributed by atoms with E-state index in [1.165, 1.54) is 6.20 Å². The number of carbonyl (C=O) groups excluding carboxylic acids is 1. The van der Waals surface area contributed by atoms with E-state index in [9.17, 15) is 14.0 Å². The second-order valence-electron chi connectivity index (χ2n) is 4.55. The first-order chi connectivity index (χ1) is 9.52. The molecule has 2 aromatic heterocycles. The molecule has 0 amide bonds. The smallest absolute Gasteiger partial charge is 0.362 e. The molecule has 1 fully saturated rings. The van der Waals surface area contributed by atoms with Gasteiger partial charge in [0, 0.05) is 12.2 Å². The van der Waals surface area contributed by atoms with E-state index in [1.54, 1.807) is 4.57 Å². The van der Waals surface area contributed by atoms with Crippen molar-refractivity contribution in [2.24, 2.45) is 5.90 Å². The fourth-order valence-electron chi connectivity index (χ4n) is 2.07. The molecule has 2 heterocycles. The van der Waals surface area contributed by atoms with Crippen LogP contribution in [0.15, 0.2) is 17.1 Å². The van der Waals surface area contributed by atoms with E-state index in [1.807, 2.05) is 0 Å². The fourth-order valence-corrected chi connectivity index (χ4v) is 2.20. The van der Waals surface area contributed by atoms with E-state index >= 15 is 0 Å². The molecule has 2 N–H and O–H groups in total. The number of nitrogens with two attached hydrogens (primary N) is 1. The minimum Gasteiger partial charge on any atom is -0.369 e. The lowest BCUT2D eigenvalue weighted by atomic mass is 10.2. The summed E-state index contributed by atoms with van der Waals surface area (Å²) in [4.78, 5) is 31.7. The number of aromatic nitrogens is 2. The van der Waals surface area contributed by atoms with Crippen LogP contribution in [0.5, 0.6) is 0 Å². The standard InChI is InChI=1S/C12H9ClFN3O3/c13-10-8(14)3-6-9(18)7(12(19)20-15)4-17(5-1-2-5)11(6)16-10/h3-5H,1-2,15H2. The third-order valence-corrected chi connectivity index (χ3v) is 3.45. The van der Waals surface area contributed by atoms with Gasteiger partial charge in [-0.1, -0.05) is 11.6 Å². The summed E-state index contributed by atoms with van der Waals surface area (Å²) >= 11 is 5.65. The lowest BCUT2D eigenvalue weighted by Crippen LogP contribution is -2.23. The van der Waals surface area contributed by atoms with E-state index < -0.39 is 17.2 Å². The SMILES string of the molecule is NOC(=O)c1cn(C2CC2)c2nc(Cl)c(F)cc2c1=O. The third kappa shape index (κ3) is 1.95. The predicted molar refractivity (Wildman–Crippen MR) is 68.8 cm³/mol. The first-order valence-electron chi connectivity index (χ1n) is 5.85. The minimum atomic E-state index is -0.971. The zero-order valence-electron chi connectivity index (χ0n) is 10.1. The molecule has 0 aromatic carbocycles. The summed E-state index contributed by atoms with van der Waals surface area (Å²) in [6.45, 7) is 0. The Morgan fingerprint density at radius 3 is 2.85 bits per heavy atom. The lowest BCUT2D eigenvalue weighted by Gasteiger charge is -2.11. The first-order valence-corrected chi connectivity index (χ1v) is 6.22. The van der Waals surface area contributed by atoms with Gasteiger partial charge < -0.3 is 9.40 Å². The summed E-state index contributed by atoms with van der Waals surface area (Å²) in [5.41, 5.74) is -0.691. The number of halogens is 2. The van der Waals surface area contributed by atoms with Crippen LogP contribution in [0, 0.1) is 5.82 Å². The summed E-state index contributed by atoms with van der Waals surface area (Å²) in [7, 11) is 0. The Balaban J connectivity index is 2.40. The quantitative estimate of drug-likeness (QED) is 0.671. The van der Waals surface area contributed by atoms with Gasteiger partial charge in [0.1, 0.15) is 11.2 Å². The number of carbonyl (C=O) groups is 1. The maximum atomic E-state index is 13.5. The van der Waals surface area contributed by atoms with Crippen molar-refractivity contribution >= 4 is 28.6 Å². The second kappa shape index (κ2) is 4.53. The molecule has 1 aliphatic rings. The zero-order valence-corrected chi connectivity index (χ0v) is 10.9. The van der Waals surface area contributed by atoms with Gasteiger partial charge in [-0.2, -0.15) is 5.90 Å². The van der Waals surface area contributed by atoms with Crippen LogP contribution < -0.4 is 11.3 Å². The molecule has 3 rings (SSSR count). The molecule has 0 radical (unpaired) electrons. The summed E-state index contributed by atoms with van der Waals surface area (Å²) in [5, 5.41) is -0.345. The Labute approximate surface area is 116 Å². The summed E-state index contributed by atoms with van der Waals surface area (Å²) in [6, 6.07) is 1.08. The molecule has 1 aliphatic carbocycles. The van der Waals surface area contributed by atoms with Crippen LogP contribution >= 0.6 is 11.6 Å². The van der Waals surface area contributed by atoms with E-state index in [0.717, 1.165) is 18.9 Å². The van der Waals surface area contributed by atoms with Crippen molar-refractivity contribution < 1.29 is 14.0 Å². The van der Waals surface area contributed by atoms with Crippen LogP contribution in [-0.4, -0.2) is 15.5 Å². The van der Waals surface area contributed by atoms with E-state index in [2.05, 4.69) is 9.82 Å². The monoisotopic (exact) mass is 297 g/mol.